The SMILES string of the molecule is Cc1c2c(c(Cl)c3ccc(Br)cc13)C[C@H]1C[C@H]3[C@H](N(C)C)c4onc(OCc5ccccc5)c4C(=O)[C@@]3(O[Si](C)(C)C(C)(C)C)C(O)=C1C2=O. The Labute approximate surface area is 307 Å². The number of aliphatic hydroxyl groups excluding tert-OH is 1. The molecule has 262 valence electrons. The van der Waals surface area contributed by atoms with Gasteiger partial charge in [-0.05, 0) is 97.3 Å². The van der Waals surface area contributed by atoms with Crippen molar-refractivity contribution in [3.8, 4) is 5.88 Å². The van der Waals surface area contributed by atoms with Crippen molar-refractivity contribution < 1.29 is 28.4 Å². The third kappa shape index (κ3) is 5.16. The molecular formula is C39H42BrClN2O6Si. The molecule has 0 radical (unpaired) electrons. The van der Waals surface area contributed by atoms with Gasteiger partial charge in [0, 0.05) is 26.9 Å². The number of benzene rings is 3. The van der Waals surface area contributed by atoms with Crippen LogP contribution in [0.3, 0.4) is 0 Å². The third-order valence-corrected chi connectivity index (χ3v) is 16.8. The summed E-state index contributed by atoms with van der Waals surface area (Å²) in [6, 6.07) is 14.9. The largest absolute Gasteiger partial charge is 0.508 e. The number of allylic oxidation sites excluding steroid dienone is 1. The van der Waals surface area contributed by atoms with Crippen molar-refractivity contribution in [3.05, 3.63) is 103 Å². The average molecular weight is 778 g/mol. The predicted molar refractivity (Wildman–Crippen MR) is 200 cm³/mol. The molecule has 0 aliphatic heterocycles. The summed E-state index contributed by atoms with van der Waals surface area (Å²) >= 11 is 10.7. The lowest BCUT2D eigenvalue weighted by Crippen LogP contribution is -2.65. The number of nitrogens with zero attached hydrogens (tertiary/aromatic N) is 2. The van der Waals surface area contributed by atoms with Gasteiger partial charge in [-0.1, -0.05) is 84.7 Å². The van der Waals surface area contributed by atoms with Crippen molar-refractivity contribution >= 4 is 58.2 Å². The number of carbonyl (C=O) groups is 2. The molecule has 0 bridgehead atoms. The molecule has 11 heteroatoms. The molecule has 0 fully saturated rings. The summed E-state index contributed by atoms with van der Waals surface area (Å²) < 4.78 is 20.3. The first-order chi connectivity index (χ1) is 23.5. The first-order valence-corrected chi connectivity index (χ1v) is 21.0. The van der Waals surface area contributed by atoms with Crippen molar-refractivity contribution in [2.75, 3.05) is 14.1 Å². The van der Waals surface area contributed by atoms with Crippen LogP contribution in [0.15, 0.2) is 68.9 Å². The summed E-state index contributed by atoms with van der Waals surface area (Å²) in [4.78, 5) is 32.2. The van der Waals surface area contributed by atoms with Crippen LogP contribution in [-0.4, -0.2) is 54.7 Å². The van der Waals surface area contributed by atoms with Gasteiger partial charge in [-0.2, -0.15) is 0 Å². The summed E-state index contributed by atoms with van der Waals surface area (Å²) in [5.74, 6) is -1.75. The Morgan fingerprint density at radius 2 is 1.80 bits per heavy atom. The Bertz CT molecular complexity index is 2100. The fraction of sp³-hybridized carbons (Fsp3) is 0.410. The van der Waals surface area contributed by atoms with Crippen molar-refractivity contribution in [3.63, 3.8) is 0 Å². The summed E-state index contributed by atoms with van der Waals surface area (Å²) in [7, 11) is 1.00. The van der Waals surface area contributed by atoms with Crippen LogP contribution in [0.5, 0.6) is 5.88 Å². The number of hydrogen-bond acceptors (Lipinski definition) is 8. The molecule has 0 saturated heterocycles. The van der Waals surface area contributed by atoms with E-state index in [0.29, 0.717) is 29.2 Å². The lowest BCUT2D eigenvalue weighted by molar-refractivity contribution is -0.0480. The summed E-state index contributed by atoms with van der Waals surface area (Å²) in [5.41, 5.74) is 1.40. The van der Waals surface area contributed by atoms with E-state index in [9.17, 15) is 9.90 Å². The number of aliphatic hydroxyl groups is 1. The highest BCUT2D eigenvalue weighted by Gasteiger charge is 2.67. The standard InChI is InChI=1S/C39H42BrClN2O6Si/c1-20-25-18-23(40)14-15-24(25)31(41)26-16-22-17-27-32(43(5)6)34-30(37(42-48-34)47-19-21-12-10-9-11-13-21)36(46)39(27,49-50(7,8)38(2,3)4)35(45)29(22)33(44)28(20)26/h9-15,18,22,27,32,45H,16-17,19H2,1-8H3/t22-,27-,32-,39-/m0/s1. The maximum absolute atomic E-state index is 15.4. The number of ketones is 2. The first-order valence-electron chi connectivity index (χ1n) is 17.0. The molecule has 1 heterocycles. The number of aryl methyl sites for hydroxylation is 1. The molecule has 0 unspecified atom stereocenters. The first kappa shape index (κ1) is 35.1. The van der Waals surface area contributed by atoms with E-state index in [2.05, 4.69) is 55.0 Å². The monoisotopic (exact) mass is 776 g/mol. The fourth-order valence-corrected chi connectivity index (χ4v) is 10.2. The quantitative estimate of drug-likeness (QED) is 0.193. The number of carbonyl (C=O) groups excluding carboxylic acids is 2. The highest BCUT2D eigenvalue weighted by atomic mass is 79.9. The van der Waals surface area contributed by atoms with Crippen LogP contribution in [-0.2, 0) is 17.5 Å². The van der Waals surface area contributed by atoms with Gasteiger partial charge in [0.15, 0.2) is 25.5 Å². The number of fused-ring (bicyclic) bond motifs is 5. The zero-order valence-corrected chi connectivity index (χ0v) is 33.0. The van der Waals surface area contributed by atoms with Gasteiger partial charge in [0.2, 0.25) is 5.78 Å². The summed E-state index contributed by atoms with van der Waals surface area (Å²) in [5, 5.41) is 19.0. The van der Waals surface area contributed by atoms with Gasteiger partial charge < -0.3 is 18.8 Å². The van der Waals surface area contributed by atoms with E-state index in [1.807, 2.05) is 74.4 Å². The van der Waals surface area contributed by atoms with Crippen molar-refractivity contribution in [2.24, 2.45) is 11.8 Å². The third-order valence-electron chi connectivity index (χ3n) is 11.5. The van der Waals surface area contributed by atoms with Gasteiger partial charge in [0.1, 0.15) is 17.9 Å². The Morgan fingerprint density at radius 3 is 2.46 bits per heavy atom. The molecule has 4 atom stereocenters. The minimum Gasteiger partial charge on any atom is -0.508 e. The highest BCUT2D eigenvalue weighted by Crippen LogP contribution is 2.60. The number of hydrogen-bond donors (Lipinski definition) is 1. The van der Waals surface area contributed by atoms with Gasteiger partial charge in [-0.15, -0.1) is 0 Å². The lowest BCUT2D eigenvalue weighted by Gasteiger charge is -2.55. The Morgan fingerprint density at radius 1 is 1.10 bits per heavy atom. The normalized spacial score (nSPS) is 23.5. The molecule has 3 aromatic carbocycles. The summed E-state index contributed by atoms with van der Waals surface area (Å²) in [6.45, 7) is 12.5. The molecule has 3 aliphatic rings. The predicted octanol–water partition coefficient (Wildman–Crippen LogP) is 9.58. The van der Waals surface area contributed by atoms with E-state index in [-0.39, 0.29) is 40.2 Å². The Kier molecular flexibility index (Phi) is 8.54. The maximum atomic E-state index is 15.4. The van der Waals surface area contributed by atoms with Gasteiger partial charge in [-0.25, -0.2) is 0 Å². The van der Waals surface area contributed by atoms with E-state index in [1.165, 1.54) is 0 Å². The topological polar surface area (TPSA) is 102 Å². The molecule has 0 amide bonds. The van der Waals surface area contributed by atoms with Crippen LogP contribution < -0.4 is 4.74 Å². The number of Topliss-reactive ketones (excluding diaryl/α,β-unsaturated/α-hetero) is 2. The molecule has 4 aromatic rings. The van der Waals surface area contributed by atoms with Crippen LogP contribution in [0, 0.1) is 18.8 Å². The minimum absolute atomic E-state index is 0.0391. The molecule has 1 aromatic heterocycles. The molecule has 7 rings (SSSR count). The lowest BCUT2D eigenvalue weighted by atomic mass is 9.58. The van der Waals surface area contributed by atoms with E-state index in [1.54, 1.807) is 0 Å². The molecule has 50 heavy (non-hydrogen) atoms. The number of aromatic nitrogens is 1. The van der Waals surface area contributed by atoms with Gasteiger partial charge in [0.05, 0.1) is 11.1 Å². The molecule has 8 nitrogen and oxygen atoms in total. The second-order valence-electron chi connectivity index (χ2n) is 15.7. The smallest absolute Gasteiger partial charge is 0.265 e. The second-order valence-corrected chi connectivity index (χ2v) is 21.7. The molecular weight excluding hydrogens is 736 g/mol. The molecule has 0 spiro atoms. The number of rotatable bonds is 6. The van der Waals surface area contributed by atoms with E-state index < -0.39 is 37.6 Å². The van der Waals surface area contributed by atoms with E-state index in [0.717, 1.165) is 31.9 Å². The molecule has 3 aliphatic carbocycles. The maximum Gasteiger partial charge on any atom is 0.265 e. The van der Waals surface area contributed by atoms with Crippen molar-refractivity contribution in [1.82, 2.24) is 10.1 Å². The number of ether oxygens (including phenoxy) is 1. The minimum atomic E-state index is -2.82. The van der Waals surface area contributed by atoms with Gasteiger partial charge >= 0.3 is 0 Å². The van der Waals surface area contributed by atoms with Crippen LogP contribution >= 0.6 is 27.5 Å². The van der Waals surface area contributed by atoms with Crippen LogP contribution in [0.4, 0.5) is 0 Å². The number of halogens is 2. The van der Waals surface area contributed by atoms with E-state index >= 15 is 4.79 Å². The van der Waals surface area contributed by atoms with Crippen molar-refractivity contribution in [2.45, 2.75) is 76.9 Å². The highest BCUT2D eigenvalue weighted by molar-refractivity contribution is 9.10. The average Bonchev–Trinajstić information content (AvgIpc) is 3.47. The van der Waals surface area contributed by atoms with Gasteiger partial charge in [-0.3, -0.25) is 14.5 Å². The molecule has 0 saturated carbocycles. The van der Waals surface area contributed by atoms with Crippen molar-refractivity contribution in [1.29, 1.82) is 0 Å². The molecule has 1 N–H and O–H groups in total. The Balaban J connectivity index is 1.46. The fourth-order valence-electron chi connectivity index (χ4n) is 8.01. The Hall–Kier alpha value is -3.28. The van der Waals surface area contributed by atoms with E-state index in [4.69, 9.17) is 25.3 Å². The zero-order valence-electron chi connectivity index (χ0n) is 29.6. The van der Waals surface area contributed by atoms with Crippen LogP contribution in [0.1, 0.15) is 76.4 Å². The van der Waals surface area contributed by atoms with Gasteiger partial charge in [0.25, 0.3) is 5.88 Å². The van der Waals surface area contributed by atoms with Crippen LogP contribution in [0.25, 0.3) is 10.8 Å². The zero-order chi connectivity index (χ0) is 36.1. The second kappa shape index (κ2) is 12.2. The summed E-state index contributed by atoms with van der Waals surface area (Å²) in [6.07, 6.45) is 0.809. The van der Waals surface area contributed by atoms with Crippen LogP contribution in [0.2, 0.25) is 23.2 Å².